The van der Waals surface area contributed by atoms with Crippen LogP contribution in [0.15, 0.2) is 66.7 Å². The molecule has 1 aliphatic rings. The molecule has 1 aliphatic heterocycles. The number of likely N-dealkylation sites (N-methyl/N-ethyl adjacent to an activating group) is 1. The third kappa shape index (κ3) is 7.67. The zero-order valence-electron chi connectivity index (χ0n) is 21.8. The highest BCUT2D eigenvalue weighted by molar-refractivity contribution is 7.92. The van der Waals surface area contributed by atoms with Crippen molar-refractivity contribution < 1.29 is 18.0 Å². The van der Waals surface area contributed by atoms with Gasteiger partial charge in [-0.25, -0.2) is 8.42 Å². The lowest BCUT2D eigenvalue weighted by Gasteiger charge is -2.44. The molecule has 4 rings (SSSR count). The van der Waals surface area contributed by atoms with Crippen molar-refractivity contribution >= 4 is 62.3 Å². The second kappa shape index (κ2) is 12.8. The largest absolute Gasteiger partial charge is 0.357 e. The van der Waals surface area contributed by atoms with Gasteiger partial charge in [0.1, 0.15) is 6.04 Å². The maximum absolute atomic E-state index is 13.0. The number of amides is 2. The highest BCUT2D eigenvalue weighted by Crippen LogP contribution is 2.36. The predicted octanol–water partition coefficient (Wildman–Crippen LogP) is 4.97. The minimum atomic E-state index is -3.75. The van der Waals surface area contributed by atoms with Crippen molar-refractivity contribution in [3.05, 3.63) is 98.5 Å². The number of likely N-dealkylation sites (tertiary alicyclic amines) is 1. The van der Waals surface area contributed by atoms with Gasteiger partial charge in [0.2, 0.25) is 15.9 Å². The van der Waals surface area contributed by atoms with Crippen LogP contribution in [-0.4, -0.2) is 57.1 Å². The first-order chi connectivity index (χ1) is 18.9. The molecule has 8 nitrogen and oxygen atoms in total. The number of carbonyl (C=O) groups excluding carboxylic acids is 2. The van der Waals surface area contributed by atoms with Crippen LogP contribution in [0.2, 0.25) is 15.1 Å². The van der Waals surface area contributed by atoms with Crippen molar-refractivity contribution in [2.24, 2.45) is 5.92 Å². The van der Waals surface area contributed by atoms with E-state index < -0.39 is 22.0 Å². The lowest BCUT2D eigenvalue weighted by Crippen LogP contribution is -2.51. The molecule has 3 aromatic carbocycles. The summed E-state index contributed by atoms with van der Waals surface area (Å²) < 4.78 is 28.6. The number of hydrogen-bond acceptors (Lipinski definition) is 5. The first kappa shape index (κ1) is 30.1. The monoisotopic (exact) mass is 622 g/mol. The van der Waals surface area contributed by atoms with E-state index in [0.717, 1.165) is 11.1 Å². The van der Waals surface area contributed by atoms with E-state index in [1.165, 1.54) is 32.2 Å². The second-order valence-corrected chi connectivity index (χ2v) is 12.8. The summed E-state index contributed by atoms with van der Waals surface area (Å²) in [6.07, 6.45) is 0. The van der Waals surface area contributed by atoms with Gasteiger partial charge < -0.3 is 10.6 Å². The number of hydrogen-bond donors (Lipinski definition) is 3. The molecular formula is C28H29Cl3N4O4S. The van der Waals surface area contributed by atoms with Crippen LogP contribution < -0.4 is 15.4 Å². The number of halogens is 3. The van der Waals surface area contributed by atoms with E-state index in [0.29, 0.717) is 23.1 Å². The lowest BCUT2D eigenvalue weighted by molar-refractivity contribution is -0.122. The summed E-state index contributed by atoms with van der Waals surface area (Å²) in [6.45, 7) is 2.67. The Morgan fingerprint density at radius 2 is 1.45 bits per heavy atom. The van der Waals surface area contributed by atoms with Crippen LogP contribution >= 0.6 is 34.8 Å². The number of carbonyl (C=O) groups is 2. The molecule has 0 aliphatic carbocycles. The standard InChI is InChI=1S/C28H29Cl3N4O4S/c1-17(27(36)32-2)33-28(37)21-11-24(31)13-25(12-21)34-40(38,39)16-18-14-35(15-18)26(19-3-7-22(29)8-4-19)20-5-9-23(30)10-6-20/h3-13,17-18,26,34H,14-16H2,1-2H3,(H,32,36)(H,33,37)/t17-/m0/s1. The summed E-state index contributed by atoms with van der Waals surface area (Å²) in [5, 5.41) is 6.47. The van der Waals surface area contributed by atoms with Crippen LogP contribution in [-0.2, 0) is 14.8 Å². The van der Waals surface area contributed by atoms with E-state index in [2.05, 4.69) is 20.3 Å². The third-order valence-corrected chi connectivity index (χ3v) is 8.78. The highest BCUT2D eigenvalue weighted by atomic mass is 35.5. The molecule has 1 heterocycles. The fraction of sp³-hybridized carbons (Fsp3) is 0.286. The summed E-state index contributed by atoms with van der Waals surface area (Å²) >= 11 is 18.4. The highest BCUT2D eigenvalue weighted by Gasteiger charge is 2.36. The van der Waals surface area contributed by atoms with Gasteiger partial charge in [-0.1, -0.05) is 59.1 Å². The fourth-order valence-corrected chi connectivity index (χ4v) is 6.58. The fourth-order valence-electron chi connectivity index (χ4n) is 4.70. The molecule has 3 N–H and O–H groups in total. The van der Waals surface area contributed by atoms with E-state index in [-0.39, 0.29) is 39.9 Å². The Morgan fingerprint density at radius 3 is 1.98 bits per heavy atom. The summed E-state index contributed by atoms with van der Waals surface area (Å²) in [4.78, 5) is 26.5. The topological polar surface area (TPSA) is 108 Å². The van der Waals surface area contributed by atoms with Gasteiger partial charge in [0.05, 0.1) is 17.5 Å². The lowest BCUT2D eigenvalue weighted by atomic mass is 9.91. The van der Waals surface area contributed by atoms with Crippen molar-refractivity contribution in [3.8, 4) is 0 Å². The average molecular weight is 624 g/mol. The molecule has 0 saturated carbocycles. The summed E-state index contributed by atoms with van der Waals surface area (Å²) in [7, 11) is -2.28. The normalized spacial score (nSPS) is 14.8. The Hall–Kier alpha value is -2.82. The zero-order chi connectivity index (χ0) is 29.0. The minimum Gasteiger partial charge on any atom is -0.357 e. The van der Waals surface area contributed by atoms with Crippen LogP contribution in [0.4, 0.5) is 5.69 Å². The molecular weight excluding hydrogens is 595 g/mol. The molecule has 0 radical (unpaired) electrons. The number of rotatable bonds is 10. The Labute approximate surface area is 249 Å². The SMILES string of the molecule is CNC(=O)[C@H](C)NC(=O)c1cc(Cl)cc(NS(=O)(=O)CC2CN(C(c3ccc(Cl)cc3)c3ccc(Cl)cc3)C2)c1. The molecule has 40 heavy (non-hydrogen) atoms. The molecule has 212 valence electrons. The number of benzene rings is 3. The molecule has 12 heteroatoms. The van der Waals surface area contributed by atoms with Crippen molar-refractivity contribution in [1.82, 2.24) is 15.5 Å². The smallest absolute Gasteiger partial charge is 0.252 e. The van der Waals surface area contributed by atoms with Crippen LogP contribution in [0.1, 0.15) is 34.5 Å². The second-order valence-electron chi connectivity index (χ2n) is 9.75. The molecule has 3 aromatic rings. The van der Waals surface area contributed by atoms with Gasteiger partial charge in [0.15, 0.2) is 0 Å². The molecule has 0 bridgehead atoms. The number of sulfonamides is 1. The molecule has 1 fully saturated rings. The van der Waals surface area contributed by atoms with E-state index in [1.807, 2.05) is 48.5 Å². The zero-order valence-corrected chi connectivity index (χ0v) is 24.9. The first-order valence-corrected chi connectivity index (χ1v) is 15.3. The van der Waals surface area contributed by atoms with Crippen molar-refractivity contribution in [2.75, 3.05) is 30.6 Å². The van der Waals surface area contributed by atoms with Gasteiger partial charge in [-0.05, 0) is 60.5 Å². The average Bonchev–Trinajstić information content (AvgIpc) is 2.88. The van der Waals surface area contributed by atoms with Gasteiger partial charge in [0, 0.05) is 46.7 Å². The molecule has 1 atom stereocenters. The minimum absolute atomic E-state index is 0.0763. The van der Waals surface area contributed by atoms with Crippen LogP contribution in [0.3, 0.4) is 0 Å². The maximum Gasteiger partial charge on any atom is 0.252 e. The van der Waals surface area contributed by atoms with Gasteiger partial charge in [-0.3, -0.25) is 19.2 Å². The van der Waals surface area contributed by atoms with Gasteiger partial charge >= 0.3 is 0 Å². The Balaban J connectivity index is 1.42. The van der Waals surface area contributed by atoms with Crippen LogP contribution in [0.5, 0.6) is 0 Å². The number of nitrogens with one attached hydrogen (secondary N) is 3. The van der Waals surface area contributed by atoms with Crippen molar-refractivity contribution in [1.29, 1.82) is 0 Å². The van der Waals surface area contributed by atoms with Gasteiger partial charge in [-0.2, -0.15) is 0 Å². The summed E-state index contributed by atoms with van der Waals surface area (Å²) in [5.74, 6) is -1.11. The van der Waals surface area contributed by atoms with Crippen LogP contribution in [0.25, 0.3) is 0 Å². The quantitative estimate of drug-likeness (QED) is 0.296. The van der Waals surface area contributed by atoms with E-state index >= 15 is 0 Å². The maximum atomic E-state index is 13.0. The Morgan fingerprint density at radius 1 is 0.900 bits per heavy atom. The van der Waals surface area contributed by atoms with E-state index in [1.54, 1.807) is 0 Å². The number of anilines is 1. The first-order valence-electron chi connectivity index (χ1n) is 12.5. The van der Waals surface area contributed by atoms with E-state index in [9.17, 15) is 18.0 Å². The Bertz CT molecular complexity index is 1430. The van der Waals surface area contributed by atoms with E-state index in [4.69, 9.17) is 34.8 Å². The molecule has 0 spiro atoms. The van der Waals surface area contributed by atoms with Crippen LogP contribution in [0, 0.1) is 5.92 Å². The van der Waals surface area contributed by atoms with Crippen molar-refractivity contribution in [3.63, 3.8) is 0 Å². The van der Waals surface area contributed by atoms with Crippen molar-refractivity contribution in [2.45, 2.75) is 19.0 Å². The summed E-state index contributed by atoms with van der Waals surface area (Å²) in [5.41, 5.74) is 2.38. The molecule has 1 saturated heterocycles. The summed E-state index contributed by atoms with van der Waals surface area (Å²) in [6, 6.07) is 18.6. The third-order valence-electron chi connectivity index (χ3n) is 6.60. The predicted molar refractivity (Wildman–Crippen MR) is 160 cm³/mol. The molecule has 2 amide bonds. The molecule has 0 unspecified atom stereocenters. The Kier molecular flexibility index (Phi) is 9.64. The van der Waals surface area contributed by atoms with Gasteiger partial charge in [-0.15, -0.1) is 0 Å². The number of nitrogens with zero attached hydrogens (tertiary/aromatic N) is 1. The van der Waals surface area contributed by atoms with Gasteiger partial charge in [0.25, 0.3) is 5.91 Å². The molecule has 0 aromatic heterocycles.